The maximum Gasteiger partial charge on any atom is 0.0589 e. The Bertz CT molecular complexity index is 589. The molecule has 1 heterocycles. The lowest BCUT2D eigenvalue weighted by molar-refractivity contribution is 0.616. The van der Waals surface area contributed by atoms with Gasteiger partial charge in [-0.1, -0.05) is 48.5 Å². The number of nitrogens with one attached hydrogen (secondary N) is 1. The molecule has 1 fully saturated rings. The average Bonchev–Trinajstić information content (AvgIpc) is 2.88. The van der Waals surface area contributed by atoms with Crippen LogP contribution >= 0.6 is 23.5 Å². The zero-order valence-electron chi connectivity index (χ0n) is 11.9. The van der Waals surface area contributed by atoms with Crippen molar-refractivity contribution >= 4 is 23.5 Å². The molecule has 0 spiro atoms. The van der Waals surface area contributed by atoms with Gasteiger partial charge >= 0.3 is 0 Å². The van der Waals surface area contributed by atoms with E-state index in [1.165, 1.54) is 39.5 Å². The van der Waals surface area contributed by atoms with Gasteiger partial charge in [-0.05, 0) is 22.3 Å². The molecule has 3 heteroatoms. The Hall–Kier alpha value is -0.900. The first-order valence-electron chi connectivity index (χ1n) is 7.54. The fourth-order valence-corrected chi connectivity index (χ4v) is 5.90. The molecule has 1 atom stereocenters. The van der Waals surface area contributed by atoms with Crippen LogP contribution in [0, 0.1) is 0 Å². The summed E-state index contributed by atoms with van der Waals surface area (Å²) in [6.07, 6.45) is 0. The van der Waals surface area contributed by atoms with Gasteiger partial charge < -0.3 is 5.32 Å². The highest BCUT2D eigenvalue weighted by Gasteiger charge is 2.28. The number of hydrogen-bond acceptors (Lipinski definition) is 3. The maximum absolute atomic E-state index is 3.83. The van der Waals surface area contributed by atoms with Crippen molar-refractivity contribution in [2.24, 2.45) is 0 Å². The molecule has 1 N–H and O–H groups in total. The SMILES string of the molecule is c1ccc2c(c1)-c1ccccc1C2NCC1CSCCS1. The van der Waals surface area contributed by atoms with Gasteiger partial charge in [0.05, 0.1) is 6.04 Å². The molecule has 0 bridgehead atoms. The average molecular weight is 313 g/mol. The molecule has 0 aromatic heterocycles. The molecular weight excluding hydrogens is 294 g/mol. The van der Waals surface area contributed by atoms with E-state index < -0.39 is 0 Å². The molecule has 108 valence electrons. The summed E-state index contributed by atoms with van der Waals surface area (Å²) in [4.78, 5) is 0. The molecule has 1 saturated heterocycles. The normalized spacial score (nSPS) is 21.0. The lowest BCUT2D eigenvalue weighted by atomic mass is 10.1. The molecule has 2 aromatic rings. The molecule has 0 saturated carbocycles. The Balaban J connectivity index is 1.59. The van der Waals surface area contributed by atoms with E-state index in [9.17, 15) is 0 Å². The zero-order chi connectivity index (χ0) is 14.1. The van der Waals surface area contributed by atoms with Gasteiger partial charge in [-0.3, -0.25) is 0 Å². The van der Waals surface area contributed by atoms with Gasteiger partial charge in [-0.25, -0.2) is 0 Å². The second-order valence-corrected chi connectivity index (χ2v) is 8.14. The number of benzene rings is 2. The highest BCUT2D eigenvalue weighted by molar-refractivity contribution is 8.06. The summed E-state index contributed by atoms with van der Waals surface area (Å²) in [6, 6.07) is 18.0. The van der Waals surface area contributed by atoms with E-state index in [2.05, 4.69) is 77.4 Å². The Morgan fingerprint density at radius 2 is 1.57 bits per heavy atom. The summed E-state index contributed by atoms with van der Waals surface area (Å²) in [5, 5.41) is 4.58. The summed E-state index contributed by atoms with van der Waals surface area (Å²) in [6.45, 7) is 1.10. The predicted octanol–water partition coefficient (Wildman–Crippen LogP) is 4.19. The summed E-state index contributed by atoms with van der Waals surface area (Å²) in [7, 11) is 0. The van der Waals surface area contributed by atoms with Crippen LogP contribution in [0.4, 0.5) is 0 Å². The predicted molar refractivity (Wildman–Crippen MR) is 95.3 cm³/mol. The second kappa shape index (κ2) is 6.07. The van der Waals surface area contributed by atoms with Crippen LogP contribution in [-0.2, 0) is 0 Å². The quantitative estimate of drug-likeness (QED) is 0.912. The first kappa shape index (κ1) is 13.7. The van der Waals surface area contributed by atoms with E-state index >= 15 is 0 Å². The Kier molecular flexibility index (Phi) is 3.97. The van der Waals surface area contributed by atoms with Crippen LogP contribution in [0.2, 0.25) is 0 Å². The van der Waals surface area contributed by atoms with E-state index in [0.717, 1.165) is 11.8 Å². The van der Waals surface area contributed by atoms with Crippen molar-refractivity contribution in [2.45, 2.75) is 11.3 Å². The number of thioether (sulfide) groups is 2. The first-order valence-corrected chi connectivity index (χ1v) is 9.75. The third-order valence-electron chi connectivity index (χ3n) is 4.27. The topological polar surface area (TPSA) is 12.0 Å². The van der Waals surface area contributed by atoms with E-state index in [1.54, 1.807) is 0 Å². The molecule has 4 rings (SSSR count). The summed E-state index contributed by atoms with van der Waals surface area (Å²) < 4.78 is 0. The van der Waals surface area contributed by atoms with Gasteiger partial charge in [0.15, 0.2) is 0 Å². The van der Waals surface area contributed by atoms with Gasteiger partial charge in [-0.2, -0.15) is 23.5 Å². The molecule has 1 unspecified atom stereocenters. The van der Waals surface area contributed by atoms with Gasteiger partial charge in [0.2, 0.25) is 0 Å². The number of hydrogen-bond donors (Lipinski definition) is 1. The highest BCUT2D eigenvalue weighted by Crippen LogP contribution is 2.43. The van der Waals surface area contributed by atoms with Crippen molar-refractivity contribution in [1.82, 2.24) is 5.32 Å². The lowest BCUT2D eigenvalue weighted by Crippen LogP contribution is -2.31. The van der Waals surface area contributed by atoms with Crippen LogP contribution in [0.25, 0.3) is 11.1 Å². The van der Waals surface area contributed by atoms with Crippen molar-refractivity contribution in [2.75, 3.05) is 23.8 Å². The van der Waals surface area contributed by atoms with Crippen LogP contribution < -0.4 is 5.32 Å². The molecular formula is C18H19NS2. The van der Waals surface area contributed by atoms with Crippen LogP contribution in [0.15, 0.2) is 48.5 Å². The van der Waals surface area contributed by atoms with E-state index in [4.69, 9.17) is 0 Å². The Morgan fingerprint density at radius 1 is 0.905 bits per heavy atom. The molecule has 1 aliphatic carbocycles. The van der Waals surface area contributed by atoms with Crippen molar-refractivity contribution in [3.05, 3.63) is 59.7 Å². The van der Waals surface area contributed by atoms with Crippen molar-refractivity contribution < 1.29 is 0 Å². The number of fused-ring (bicyclic) bond motifs is 3. The molecule has 0 radical (unpaired) electrons. The molecule has 2 aliphatic rings. The zero-order valence-corrected chi connectivity index (χ0v) is 13.6. The van der Waals surface area contributed by atoms with E-state index in [0.29, 0.717) is 6.04 Å². The van der Waals surface area contributed by atoms with Gasteiger partial charge in [0, 0.05) is 29.1 Å². The van der Waals surface area contributed by atoms with Crippen LogP contribution in [0.1, 0.15) is 17.2 Å². The third-order valence-corrected chi connectivity index (χ3v) is 7.11. The standard InChI is InChI=1S/C18H19NS2/c1-3-7-16-14(5-1)15-6-2-4-8-17(15)18(16)19-11-13-12-20-9-10-21-13/h1-8,13,18-19H,9-12H2. The fraction of sp³-hybridized carbons (Fsp3) is 0.333. The highest BCUT2D eigenvalue weighted by atomic mass is 32.2. The van der Waals surface area contributed by atoms with Crippen LogP contribution in [0.3, 0.4) is 0 Å². The van der Waals surface area contributed by atoms with Crippen molar-refractivity contribution in [3.63, 3.8) is 0 Å². The molecule has 1 aliphatic heterocycles. The summed E-state index contributed by atoms with van der Waals surface area (Å²) in [5.74, 6) is 3.90. The Morgan fingerprint density at radius 3 is 2.19 bits per heavy atom. The van der Waals surface area contributed by atoms with Crippen LogP contribution in [0.5, 0.6) is 0 Å². The smallest absolute Gasteiger partial charge is 0.0589 e. The largest absolute Gasteiger partial charge is 0.305 e. The summed E-state index contributed by atoms with van der Waals surface area (Å²) in [5.41, 5.74) is 5.67. The molecule has 21 heavy (non-hydrogen) atoms. The minimum Gasteiger partial charge on any atom is -0.305 e. The van der Waals surface area contributed by atoms with Gasteiger partial charge in [0.25, 0.3) is 0 Å². The minimum absolute atomic E-state index is 0.366. The maximum atomic E-state index is 3.83. The second-order valence-electron chi connectivity index (χ2n) is 5.58. The first-order chi connectivity index (χ1) is 10.4. The molecule has 2 aromatic carbocycles. The fourth-order valence-electron chi connectivity index (χ4n) is 3.28. The minimum atomic E-state index is 0.366. The number of rotatable bonds is 3. The Labute approximate surface area is 134 Å². The van der Waals surface area contributed by atoms with Crippen molar-refractivity contribution in [1.29, 1.82) is 0 Å². The van der Waals surface area contributed by atoms with Crippen molar-refractivity contribution in [3.8, 4) is 11.1 Å². The lowest BCUT2D eigenvalue weighted by Gasteiger charge is -2.24. The monoisotopic (exact) mass is 313 g/mol. The van der Waals surface area contributed by atoms with E-state index in [-0.39, 0.29) is 0 Å². The molecule has 0 amide bonds. The van der Waals surface area contributed by atoms with Gasteiger partial charge in [-0.15, -0.1) is 0 Å². The third kappa shape index (κ3) is 2.63. The van der Waals surface area contributed by atoms with Gasteiger partial charge in [0.1, 0.15) is 0 Å². The van der Waals surface area contributed by atoms with Crippen LogP contribution in [-0.4, -0.2) is 29.1 Å². The van der Waals surface area contributed by atoms with E-state index in [1.807, 2.05) is 0 Å². The molecule has 1 nitrogen and oxygen atoms in total. The summed E-state index contributed by atoms with van der Waals surface area (Å²) >= 11 is 4.22.